The average molecular weight is 411 g/mol. The maximum atomic E-state index is 11.9. The zero-order valence-electron chi connectivity index (χ0n) is 18.4. The highest BCUT2D eigenvalue weighted by atomic mass is 28.4. The van der Waals surface area contributed by atoms with Crippen molar-refractivity contribution >= 4 is 24.5 Å². The summed E-state index contributed by atoms with van der Waals surface area (Å²) in [5.41, 5.74) is 0. The van der Waals surface area contributed by atoms with Crippen LogP contribution in [0.15, 0.2) is 60.7 Å². The Kier molecular flexibility index (Phi) is 6.77. The molecule has 2 aromatic rings. The van der Waals surface area contributed by atoms with E-state index in [1.54, 1.807) is 6.92 Å². The second-order valence-corrected chi connectivity index (χ2v) is 13.5. The number of benzene rings is 2. The monoisotopic (exact) mass is 410 g/mol. The van der Waals surface area contributed by atoms with Gasteiger partial charge in [0.15, 0.2) is 0 Å². The molecule has 1 heterocycles. The van der Waals surface area contributed by atoms with Crippen molar-refractivity contribution < 1.29 is 14.0 Å². The Balaban J connectivity index is 2.11. The van der Waals surface area contributed by atoms with E-state index < -0.39 is 8.32 Å². The average Bonchev–Trinajstić information content (AvgIpc) is 2.67. The Labute approximate surface area is 176 Å². The van der Waals surface area contributed by atoms with Gasteiger partial charge in [-0.1, -0.05) is 81.4 Å². The lowest BCUT2D eigenvalue weighted by atomic mass is 9.98. The second-order valence-electron chi connectivity index (χ2n) is 9.29. The molecule has 3 rings (SSSR count). The third kappa shape index (κ3) is 4.71. The number of carbonyl (C=O) groups excluding carboxylic acids is 1. The highest BCUT2D eigenvalue weighted by Crippen LogP contribution is 2.39. The Morgan fingerprint density at radius 2 is 1.52 bits per heavy atom. The third-order valence-electron chi connectivity index (χ3n) is 5.91. The van der Waals surface area contributed by atoms with Gasteiger partial charge in [0.1, 0.15) is 5.78 Å². The Morgan fingerprint density at radius 1 is 1.00 bits per heavy atom. The van der Waals surface area contributed by atoms with Gasteiger partial charge in [-0.05, 0) is 42.1 Å². The molecule has 156 valence electrons. The summed E-state index contributed by atoms with van der Waals surface area (Å²) in [6.45, 7) is 10.6. The quantitative estimate of drug-likeness (QED) is 0.659. The lowest BCUT2D eigenvalue weighted by Gasteiger charge is -2.48. The molecule has 3 atom stereocenters. The van der Waals surface area contributed by atoms with Crippen molar-refractivity contribution in [3.63, 3.8) is 0 Å². The van der Waals surface area contributed by atoms with Gasteiger partial charge in [0.05, 0.1) is 18.3 Å². The predicted molar refractivity (Wildman–Crippen MR) is 121 cm³/mol. The van der Waals surface area contributed by atoms with Crippen molar-refractivity contribution in [3.05, 3.63) is 60.7 Å². The summed E-state index contributed by atoms with van der Waals surface area (Å²) < 4.78 is 13.5. The fourth-order valence-electron chi connectivity index (χ4n) is 4.55. The van der Waals surface area contributed by atoms with Crippen LogP contribution in [-0.4, -0.2) is 32.4 Å². The highest BCUT2D eigenvalue weighted by Gasteiger charge is 2.52. The van der Waals surface area contributed by atoms with Crippen LogP contribution in [-0.2, 0) is 14.0 Å². The topological polar surface area (TPSA) is 35.5 Å². The minimum atomic E-state index is -2.64. The van der Waals surface area contributed by atoms with E-state index in [9.17, 15) is 4.79 Å². The van der Waals surface area contributed by atoms with Crippen LogP contribution in [0.3, 0.4) is 0 Å². The third-order valence-corrected chi connectivity index (χ3v) is 11.0. The fourth-order valence-corrected chi connectivity index (χ4v) is 9.29. The van der Waals surface area contributed by atoms with Crippen molar-refractivity contribution in [1.82, 2.24) is 0 Å². The first-order chi connectivity index (χ1) is 13.7. The number of rotatable bonds is 6. The molecule has 2 aromatic carbocycles. The second kappa shape index (κ2) is 8.95. The number of hydrogen-bond acceptors (Lipinski definition) is 3. The summed E-state index contributed by atoms with van der Waals surface area (Å²) in [4.78, 5) is 11.9. The Hall–Kier alpha value is -1.75. The standard InChI is InChI=1S/C25H34O3Si/c1-19(26)18-24-23(17-16-20(2)27-24)28-29(25(3,4)5,21-12-8-6-9-13-21)22-14-10-7-11-15-22/h6-15,20,23-24H,16-18H2,1-5H3/t20-,23+,24-/m1/s1. The van der Waals surface area contributed by atoms with E-state index in [-0.39, 0.29) is 29.1 Å². The fraction of sp³-hybridized carbons (Fsp3) is 0.480. The maximum absolute atomic E-state index is 11.9. The van der Waals surface area contributed by atoms with Crippen molar-refractivity contribution in [1.29, 1.82) is 0 Å². The summed E-state index contributed by atoms with van der Waals surface area (Å²) in [6, 6.07) is 21.3. The molecule has 1 aliphatic rings. The largest absolute Gasteiger partial charge is 0.402 e. The predicted octanol–water partition coefficient (Wildman–Crippen LogP) is 4.48. The number of ether oxygens (including phenoxy) is 1. The molecule has 3 nitrogen and oxygen atoms in total. The van der Waals surface area contributed by atoms with E-state index in [0.717, 1.165) is 12.8 Å². The van der Waals surface area contributed by atoms with E-state index in [1.807, 2.05) is 0 Å². The summed E-state index contributed by atoms with van der Waals surface area (Å²) in [5.74, 6) is 0.153. The van der Waals surface area contributed by atoms with Gasteiger partial charge in [-0.2, -0.15) is 0 Å². The molecule has 1 saturated heterocycles. The van der Waals surface area contributed by atoms with Gasteiger partial charge in [0, 0.05) is 6.42 Å². The lowest BCUT2D eigenvalue weighted by molar-refractivity contribution is -0.132. The molecule has 0 radical (unpaired) electrons. The molecule has 1 fully saturated rings. The van der Waals surface area contributed by atoms with Gasteiger partial charge < -0.3 is 9.16 Å². The molecule has 0 spiro atoms. The maximum Gasteiger partial charge on any atom is 0.261 e. The van der Waals surface area contributed by atoms with Crippen LogP contribution in [0.1, 0.15) is 53.9 Å². The molecule has 1 aliphatic heterocycles. The van der Waals surface area contributed by atoms with Crippen LogP contribution in [0.5, 0.6) is 0 Å². The molecule has 0 saturated carbocycles. The highest BCUT2D eigenvalue weighted by molar-refractivity contribution is 6.99. The minimum Gasteiger partial charge on any atom is -0.402 e. The van der Waals surface area contributed by atoms with E-state index in [1.165, 1.54) is 10.4 Å². The number of ketones is 1. The summed E-state index contributed by atoms with van der Waals surface area (Å²) in [6.07, 6.45) is 2.19. The van der Waals surface area contributed by atoms with Gasteiger partial charge in [-0.3, -0.25) is 4.79 Å². The van der Waals surface area contributed by atoms with Crippen LogP contribution < -0.4 is 10.4 Å². The normalized spacial score (nSPS) is 23.0. The zero-order valence-corrected chi connectivity index (χ0v) is 19.4. The van der Waals surface area contributed by atoms with Crippen LogP contribution >= 0.6 is 0 Å². The molecule has 4 heteroatoms. The first-order valence-corrected chi connectivity index (χ1v) is 12.6. The summed E-state index contributed by atoms with van der Waals surface area (Å²) in [5, 5.41) is 2.44. The molecular formula is C25H34O3Si. The van der Waals surface area contributed by atoms with Gasteiger partial charge in [-0.15, -0.1) is 0 Å². The van der Waals surface area contributed by atoms with Crippen LogP contribution in [0.4, 0.5) is 0 Å². The minimum absolute atomic E-state index is 0.0820. The molecule has 0 aliphatic carbocycles. The molecule has 0 bridgehead atoms. The molecule has 0 amide bonds. The first kappa shape index (κ1) is 21.9. The Morgan fingerprint density at radius 3 is 1.97 bits per heavy atom. The number of Topliss-reactive ketones (excluding diaryl/α,β-unsaturated/α-hetero) is 1. The first-order valence-electron chi connectivity index (χ1n) is 10.7. The van der Waals surface area contributed by atoms with Crippen LogP contribution in [0, 0.1) is 0 Å². The van der Waals surface area contributed by atoms with Crippen LogP contribution in [0.25, 0.3) is 0 Å². The van der Waals surface area contributed by atoms with Crippen LogP contribution in [0.2, 0.25) is 5.04 Å². The van der Waals surface area contributed by atoms with Gasteiger partial charge in [-0.25, -0.2) is 0 Å². The van der Waals surface area contributed by atoms with Gasteiger partial charge in [0.25, 0.3) is 8.32 Å². The summed E-state index contributed by atoms with van der Waals surface area (Å²) >= 11 is 0. The molecule has 0 N–H and O–H groups in total. The number of carbonyl (C=O) groups is 1. The number of hydrogen-bond donors (Lipinski definition) is 0. The van der Waals surface area contributed by atoms with E-state index >= 15 is 0 Å². The van der Waals surface area contributed by atoms with Crippen molar-refractivity contribution in [2.45, 2.75) is 77.2 Å². The van der Waals surface area contributed by atoms with Crippen molar-refractivity contribution in [2.24, 2.45) is 0 Å². The Bertz CT molecular complexity index is 758. The van der Waals surface area contributed by atoms with Gasteiger partial charge >= 0.3 is 0 Å². The van der Waals surface area contributed by atoms with E-state index in [4.69, 9.17) is 9.16 Å². The van der Waals surface area contributed by atoms with Crippen molar-refractivity contribution in [2.75, 3.05) is 0 Å². The molecule has 0 aromatic heterocycles. The van der Waals surface area contributed by atoms with Gasteiger partial charge in [0.2, 0.25) is 0 Å². The summed E-state index contributed by atoms with van der Waals surface area (Å²) in [7, 11) is -2.64. The SMILES string of the molecule is CC(=O)C[C@H]1O[C@H](C)CC[C@@H]1O[Si](c1ccccc1)(c1ccccc1)C(C)(C)C. The smallest absolute Gasteiger partial charge is 0.261 e. The molecule has 0 unspecified atom stereocenters. The molecular weight excluding hydrogens is 376 g/mol. The van der Waals surface area contributed by atoms with E-state index in [2.05, 4.69) is 88.4 Å². The molecule has 29 heavy (non-hydrogen) atoms. The zero-order chi connectivity index (χ0) is 21.1. The van der Waals surface area contributed by atoms with E-state index in [0.29, 0.717) is 6.42 Å². The lowest BCUT2D eigenvalue weighted by Crippen LogP contribution is -2.69. The van der Waals surface area contributed by atoms with Crippen molar-refractivity contribution in [3.8, 4) is 0 Å².